The maximum atomic E-state index is 12.7. The van der Waals surface area contributed by atoms with Crippen molar-refractivity contribution in [2.75, 3.05) is 0 Å². The molecule has 3 rings (SSSR count). The van der Waals surface area contributed by atoms with E-state index in [1.165, 1.54) is 6.33 Å². The minimum Gasteiger partial charge on any atom is -0.346 e. The largest absolute Gasteiger partial charge is 0.346 e. The molecule has 0 aliphatic heterocycles. The van der Waals surface area contributed by atoms with Gasteiger partial charge in [0.1, 0.15) is 18.6 Å². The first kappa shape index (κ1) is 9.02. The zero-order chi connectivity index (χ0) is 11.0. The molecular formula is C10H8FN5. The van der Waals surface area contributed by atoms with E-state index in [1.54, 1.807) is 12.4 Å². The van der Waals surface area contributed by atoms with Gasteiger partial charge in [-0.3, -0.25) is 5.10 Å². The Labute approximate surface area is 89.7 Å². The maximum absolute atomic E-state index is 12.7. The van der Waals surface area contributed by atoms with Crippen LogP contribution >= 0.6 is 0 Å². The molecule has 0 aromatic carbocycles. The van der Waals surface area contributed by atoms with Crippen LogP contribution in [0.4, 0.5) is 4.39 Å². The summed E-state index contributed by atoms with van der Waals surface area (Å²) in [5.41, 5.74) is 2.53. The number of fused-ring (bicyclic) bond motifs is 1. The normalized spacial score (nSPS) is 11.1. The van der Waals surface area contributed by atoms with Crippen LogP contribution in [0.2, 0.25) is 0 Å². The number of rotatable bonds is 2. The fraction of sp³-hybridized carbons (Fsp3) is 0.100. The molecule has 80 valence electrons. The second-order valence-electron chi connectivity index (χ2n) is 3.36. The van der Waals surface area contributed by atoms with Crippen molar-refractivity contribution >= 4 is 11.0 Å². The van der Waals surface area contributed by atoms with Crippen molar-refractivity contribution in [2.45, 2.75) is 6.67 Å². The van der Waals surface area contributed by atoms with E-state index < -0.39 is 6.67 Å². The van der Waals surface area contributed by atoms with Crippen molar-refractivity contribution < 1.29 is 4.39 Å². The lowest BCUT2D eigenvalue weighted by atomic mass is 10.1. The Kier molecular flexibility index (Phi) is 1.92. The summed E-state index contributed by atoms with van der Waals surface area (Å²) in [6.07, 6.45) is 4.80. The summed E-state index contributed by atoms with van der Waals surface area (Å²) in [6, 6.07) is 1.86. The summed E-state index contributed by atoms with van der Waals surface area (Å²) in [5, 5.41) is 7.30. The van der Waals surface area contributed by atoms with Gasteiger partial charge in [-0.25, -0.2) is 14.4 Å². The van der Waals surface area contributed by atoms with Crippen LogP contribution in [-0.2, 0) is 6.67 Å². The molecule has 0 bridgehead atoms. The van der Waals surface area contributed by atoms with Crippen LogP contribution in [0.25, 0.3) is 22.3 Å². The standard InChI is InChI=1S/C10H8FN5/c11-3-8-7(4-15-16-8)9-6-1-2-12-10(6)14-5-13-9/h1-2,4-5H,3H2,(H,15,16)(H,12,13,14). The van der Waals surface area contributed by atoms with Gasteiger partial charge >= 0.3 is 0 Å². The Morgan fingerprint density at radius 2 is 2.25 bits per heavy atom. The monoisotopic (exact) mass is 217 g/mol. The number of nitrogens with one attached hydrogen (secondary N) is 2. The van der Waals surface area contributed by atoms with Gasteiger partial charge in [0.25, 0.3) is 0 Å². The number of aromatic amines is 2. The van der Waals surface area contributed by atoms with Gasteiger partial charge in [-0.2, -0.15) is 5.10 Å². The molecule has 0 aliphatic rings. The first-order valence-corrected chi connectivity index (χ1v) is 4.77. The second-order valence-corrected chi connectivity index (χ2v) is 3.36. The highest BCUT2D eigenvalue weighted by molar-refractivity contribution is 5.90. The van der Waals surface area contributed by atoms with Crippen molar-refractivity contribution in [3.63, 3.8) is 0 Å². The van der Waals surface area contributed by atoms with E-state index in [9.17, 15) is 4.39 Å². The van der Waals surface area contributed by atoms with Gasteiger partial charge in [0.2, 0.25) is 0 Å². The Balaban J connectivity index is 2.29. The highest BCUT2D eigenvalue weighted by Gasteiger charge is 2.12. The van der Waals surface area contributed by atoms with E-state index in [2.05, 4.69) is 25.1 Å². The van der Waals surface area contributed by atoms with Crippen molar-refractivity contribution in [3.8, 4) is 11.3 Å². The number of halogens is 1. The third kappa shape index (κ3) is 1.19. The Hall–Kier alpha value is -2.24. The van der Waals surface area contributed by atoms with Crippen LogP contribution in [0.5, 0.6) is 0 Å². The van der Waals surface area contributed by atoms with Crippen molar-refractivity contribution in [1.29, 1.82) is 0 Å². The zero-order valence-electron chi connectivity index (χ0n) is 8.24. The van der Waals surface area contributed by atoms with Crippen molar-refractivity contribution in [1.82, 2.24) is 25.1 Å². The minimum absolute atomic E-state index is 0.432. The lowest BCUT2D eigenvalue weighted by Gasteiger charge is -2.00. The fourth-order valence-electron chi connectivity index (χ4n) is 1.71. The third-order valence-electron chi connectivity index (χ3n) is 2.46. The van der Waals surface area contributed by atoms with Gasteiger partial charge in [-0.05, 0) is 6.07 Å². The molecule has 3 aromatic rings. The molecule has 0 amide bonds. The Bertz CT molecular complexity index is 627. The number of H-pyrrole nitrogens is 2. The molecule has 3 heterocycles. The molecule has 0 unspecified atom stereocenters. The molecule has 0 spiro atoms. The van der Waals surface area contributed by atoms with Gasteiger partial charge in [0.05, 0.1) is 17.6 Å². The summed E-state index contributed by atoms with van der Waals surface area (Å²) < 4.78 is 12.7. The summed E-state index contributed by atoms with van der Waals surface area (Å²) in [5.74, 6) is 0. The summed E-state index contributed by atoms with van der Waals surface area (Å²) >= 11 is 0. The Morgan fingerprint density at radius 3 is 3.12 bits per heavy atom. The summed E-state index contributed by atoms with van der Waals surface area (Å²) in [7, 11) is 0. The van der Waals surface area contributed by atoms with E-state index in [0.29, 0.717) is 17.0 Å². The number of nitrogens with zero attached hydrogens (tertiary/aromatic N) is 3. The predicted molar refractivity (Wildman–Crippen MR) is 56.3 cm³/mol. The van der Waals surface area contributed by atoms with Crippen LogP contribution in [0.3, 0.4) is 0 Å². The van der Waals surface area contributed by atoms with E-state index in [0.717, 1.165) is 11.0 Å². The van der Waals surface area contributed by atoms with E-state index in [4.69, 9.17) is 0 Å². The molecule has 0 fully saturated rings. The number of alkyl halides is 1. The fourth-order valence-corrected chi connectivity index (χ4v) is 1.71. The second kappa shape index (κ2) is 3.41. The molecule has 0 saturated carbocycles. The van der Waals surface area contributed by atoms with Gasteiger partial charge in [-0.15, -0.1) is 0 Å². The van der Waals surface area contributed by atoms with E-state index in [-0.39, 0.29) is 0 Å². The smallest absolute Gasteiger partial charge is 0.141 e. The molecule has 5 nitrogen and oxygen atoms in total. The van der Waals surface area contributed by atoms with E-state index >= 15 is 0 Å². The van der Waals surface area contributed by atoms with Crippen molar-refractivity contribution in [2.24, 2.45) is 0 Å². The molecule has 3 aromatic heterocycles. The molecule has 6 heteroatoms. The van der Waals surface area contributed by atoms with Crippen LogP contribution in [0, 0.1) is 0 Å². The Morgan fingerprint density at radius 1 is 1.31 bits per heavy atom. The third-order valence-corrected chi connectivity index (χ3v) is 2.46. The highest BCUT2D eigenvalue weighted by Crippen LogP contribution is 2.26. The van der Waals surface area contributed by atoms with Gasteiger partial charge in [-0.1, -0.05) is 0 Å². The molecule has 0 radical (unpaired) electrons. The molecule has 0 atom stereocenters. The van der Waals surface area contributed by atoms with E-state index in [1.807, 2.05) is 6.07 Å². The average Bonchev–Trinajstić information content (AvgIpc) is 2.96. The molecule has 2 N–H and O–H groups in total. The maximum Gasteiger partial charge on any atom is 0.141 e. The summed E-state index contributed by atoms with van der Waals surface area (Å²) in [4.78, 5) is 11.2. The van der Waals surface area contributed by atoms with Crippen LogP contribution < -0.4 is 0 Å². The van der Waals surface area contributed by atoms with Gasteiger partial charge < -0.3 is 4.98 Å². The molecule has 0 saturated heterocycles. The number of hydrogen-bond acceptors (Lipinski definition) is 3. The van der Waals surface area contributed by atoms with Crippen LogP contribution in [0.15, 0.2) is 24.8 Å². The lowest BCUT2D eigenvalue weighted by Crippen LogP contribution is -1.89. The van der Waals surface area contributed by atoms with Gasteiger partial charge in [0.15, 0.2) is 0 Å². The van der Waals surface area contributed by atoms with Crippen LogP contribution in [0.1, 0.15) is 5.69 Å². The van der Waals surface area contributed by atoms with Gasteiger partial charge in [0, 0.05) is 17.1 Å². The zero-order valence-corrected chi connectivity index (χ0v) is 8.24. The first-order valence-electron chi connectivity index (χ1n) is 4.77. The predicted octanol–water partition coefficient (Wildman–Crippen LogP) is 1.82. The first-order chi connectivity index (χ1) is 7.90. The molecular weight excluding hydrogens is 209 g/mol. The number of hydrogen-bond donors (Lipinski definition) is 2. The van der Waals surface area contributed by atoms with Crippen LogP contribution in [-0.4, -0.2) is 25.1 Å². The highest BCUT2D eigenvalue weighted by atomic mass is 19.1. The minimum atomic E-state index is -0.592. The average molecular weight is 217 g/mol. The topological polar surface area (TPSA) is 70.2 Å². The quantitative estimate of drug-likeness (QED) is 0.687. The number of aromatic nitrogens is 5. The molecule has 16 heavy (non-hydrogen) atoms. The lowest BCUT2D eigenvalue weighted by molar-refractivity contribution is 0.476. The summed E-state index contributed by atoms with van der Waals surface area (Å²) in [6.45, 7) is -0.592. The van der Waals surface area contributed by atoms with Crippen molar-refractivity contribution in [3.05, 3.63) is 30.5 Å². The SMILES string of the molecule is FCc1[nH]ncc1-c1ncnc2[nH]ccc12. The molecule has 0 aliphatic carbocycles.